The number of aliphatic hydroxyl groups excluding tert-OH is 2. The third-order valence-corrected chi connectivity index (χ3v) is 4.43. The Balaban J connectivity index is 2.12. The smallest absolute Gasteiger partial charge is 0.409 e. The van der Waals surface area contributed by atoms with E-state index in [1.165, 1.54) is 12.1 Å². The maximum absolute atomic E-state index is 12.1. The fourth-order valence-electron chi connectivity index (χ4n) is 2.98. The zero-order valence-electron chi connectivity index (χ0n) is 14.8. The van der Waals surface area contributed by atoms with E-state index in [4.69, 9.17) is 4.74 Å². The van der Waals surface area contributed by atoms with E-state index in [0.29, 0.717) is 30.9 Å². The van der Waals surface area contributed by atoms with Crippen molar-refractivity contribution < 1.29 is 24.7 Å². The van der Waals surface area contributed by atoms with Crippen LogP contribution in [-0.2, 0) is 11.3 Å². The highest BCUT2D eigenvalue weighted by atomic mass is 16.6. The maximum Gasteiger partial charge on any atom is 0.409 e. The first-order valence-corrected chi connectivity index (χ1v) is 8.69. The standard InChI is InChI=1S/C17H25N3O6/c1-2-3-8-26-17(23)18-6-7-19(15(10-18)12-22)16-5-4-14(20(24)25)9-13(16)11-21/h4-5,9,15,21-22H,2-3,6-8,10-12H2,1H3. The van der Waals surface area contributed by atoms with Crippen molar-refractivity contribution in [2.24, 2.45) is 0 Å². The maximum atomic E-state index is 12.1. The minimum atomic E-state index is -0.517. The van der Waals surface area contributed by atoms with Gasteiger partial charge in [0.25, 0.3) is 5.69 Å². The summed E-state index contributed by atoms with van der Waals surface area (Å²) in [6.07, 6.45) is 1.34. The molecule has 2 rings (SSSR count). The van der Waals surface area contributed by atoms with Crippen molar-refractivity contribution in [3.8, 4) is 0 Å². The molecule has 26 heavy (non-hydrogen) atoms. The summed E-state index contributed by atoms with van der Waals surface area (Å²) in [4.78, 5) is 25.9. The average molecular weight is 367 g/mol. The lowest BCUT2D eigenvalue weighted by atomic mass is 10.1. The fraction of sp³-hybridized carbons (Fsp3) is 0.588. The van der Waals surface area contributed by atoms with Crippen molar-refractivity contribution in [3.63, 3.8) is 0 Å². The molecule has 1 atom stereocenters. The van der Waals surface area contributed by atoms with Crippen molar-refractivity contribution in [1.29, 1.82) is 0 Å². The molecule has 0 saturated carbocycles. The topological polar surface area (TPSA) is 116 Å². The molecule has 1 fully saturated rings. The van der Waals surface area contributed by atoms with E-state index in [-0.39, 0.29) is 31.5 Å². The van der Waals surface area contributed by atoms with E-state index in [1.54, 1.807) is 11.0 Å². The zero-order valence-corrected chi connectivity index (χ0v) is 14.8. The predicted molar refractivity (Wildman–Crippen MR) is 95.1 cm³/mol. The number of carbonyl (C=O) groups is 1. The third kappa shape index (κ3) is 4.61. The van der Waals surface area contributed by atoms with Gasteiger partial charge in [0.05, 0.1) is 30.8 Å². The number of carbonyl (C=O) groups excluding carboxylic acids is 1. The van der Waals surface area contributed by atoms with Crippen molar-refractivity contribution in [2.45, 2.75) is 32.4 Å². The molecule has 0 aliphatic carbocycles. The third-order valence-electron chi connectivity index (χ3n) is 4.43. The van der Waals surface area contributed by atoms with E-state index in [2.05, 4.69) is 0 Å². The lowest BCUT2D eigenvalue weighted by molar-refractivity contribution is -0.384. The van der Waals surface area contributed by atoms with Crippen LogP contribution in [0.15, 0.2) is 18.2 Å². The Morgan fingerprint density at radius 1 is 1.38 bits per heavy atom. The van der Waals surface area contributed by atoms with Gasteiger partial charge < -0.3 is 24.7 Å². The number of unbranched alkanes of at least 4 members (excludes halogenated alkanes) is 1. The first kappa shape index (κ1) is 19.9. The van der Waals surface area contributed by atoms with Gasteiger partial charge in [-0.3, -0.25) is 10.1 Å². The molecule has 1 aromatic rings. The summed E-state index contributed by atoms with van der Waals surface area (Å²) in [6.45, 7) is 2.95. The highest BCUT2D eigenvalue weighted by Crippen LogP contribution is 2.28. The summed E-state index contributed by atoms with van der Waals surface area (Å²) >= 11 is 0. The van der Waals surface area contributed by atoms with Gasteiger partial charge in [0, 0.05) is 43.0 Å². The number of hydrogen-bond acceptors (Lipinski definition) is 7. The number of anilines is 1. The summed E-state index contributed by atoms with van der Waals surface area (Å²) in [5, 5.41) is 30.2. The van der Waals surface area contributed by atoms with Crippen LogP contribution in [0.3, 0.4) is 0 Å². The second kappa shape index (κ2) is 9.35. The minimum absolute atomic E-state index is 0.100. The fourth-order valence-corrected chi connectivity index (χ4v) is 2.98. The number of nitro groups is 1. The highest BCUT2D eigenvalue weighted by Gasteiger charge is 2.31. The molecule has 9 nitrogen and oxygen atoms in total. The van der Waals surface area contributed by atoms with Gasteiger partial charge in [-0.05, 0) is 12.5 Å². The zero-order chi connectivity index (χ0) is 19.1. The highest BCUT2D eigenvalue weighted by molar-refractivity contribution is 5.68. The Hall–Kier alpha value is -2.39. The molecule has 1 aromatic carbocycles. The number of piperazine rings is 1. The Morgan fingerprint density at radius 2 is 2.15 bits per heavy atom. The molecule has 1 unspecified atom stereocenters. The molecule has 2 N–H and O–H groups in total. The van der Waals surface area contributed by atoms with Gasteiger partial charge >= 0.3 is 6.09 Å². The number of aliphatic hydroxyl groups is 2. The number of benzene rings is 1. The van der Waals surface area contributed by atoms with E-state index in [1.807, 2.05) is 11.8 Å². The summed E-state index contributed by atoms with van der Waals surface area (Å²) in [5.41, 5.74) is 0.934. The SMILES string of the molecule is CCCCOC(=O)N1CCN(c2ccc([N+](=O)[O-])cc2CO)C(CO)C1. The van der Waals surface area contributed by atoms with Crippen molar-refractivity contribution in [2.75, 3.05) is 37.7 Å². The van der Waals surface area contributed by atoms with Gasteiger partial charge in [-0.15, -0.1) is 0 Å². The van der Waals surface area contributed by atoms with Crippen LogP contribution in [0.2, 0.25) is 0 Å². The second-order valence-electron chi connectivity index (χ2n) is 6.17. The van der Waals surface area contributed by atoms with Crippen LogP contribution in [0.25, 0.3) is 0 Å². The first-order valence-electron chi connectivity index (χ1n) is 8.69. The van der Waals surface area contributed by atoms with E-state index >= 15 is 0 Å². The minimum Gasteiger partial charge on any atom is -0.449 e. The van der Waals surface area contributed by atoms with Crippen LogP contribution in [0.4, 0.5) is 16.2 Å². The Bertz CT molecular complexity index is 639. The lowest BCUT2D eigenvalue weighted by Gasteiger charge is -2.42. The van der Waals surface area contributed by atoms with Gasteiger partial charge in [-0.2, -0.15) is 0 Å². The summed E-state index contributed by atoms with van der Waals surface area (Å²) in [6, 6.07) is 3.89. The summed E-state index contributed by atoms with van der Waals surface area (Å²) < 4.78 is 5.21. The molecule has 1 saturated heterocycles. The van der Waals surface area contributed by atoms with Gasteiger partial charge in [-0.25, -0.2) is 4.79 Å². The van der Waals surface area contributed by atoms with E-state index in [0.717, 1.165) is 12.8 Å². The molecule has 1 aliphatic heterocycles. The van der Waals surface area contributed by atoms with Crippen LogP contribution in [0, 0.1) is 10.1 Å². The predicted octanol–water partition coefficient (Wildman–Crippen LogP) is 1.51. The summed E-state index contributed by atoms with van der Waals surface area (Å²) in [7, 11) is 0. The number of hydrogen-bond donors (Lipinski definition) is 2. The first-order chi connectivity index (χ1) is 12.5. The van der Waals surface area contributed by atoms with Crippen LogP contribution in [0.5, 0.6) is 0 Å². The molecule has 0 spiro atoms. The number of nitro benzene ring substituents is 1. The molecular formula is C17H25N3O6. The average Bonchev–Trinajstić information content (AvgIpc) is 2.66. The van der Waals surface area contributed by atoms with Crippen LogP contribution in [0.1, 0.15) is 25.3 Å². The van der Waals surface area contributed by atoms with Crippen LogP contribution < -0.4 is 4.90 Å². The number of nitrogens with zero attached hydrogens (tertiary/aromatic N) is 3. The van der Waals surface area contributed by atoms with Crippen LogP contribution in [-0.4, -0.2) is 65.0 Å². The second-order valence-corrected chi connectivity index (χ2v) is 6.17. The molecule has 0 bridgehead atoms. The number of ether oxygens (including phenoxy) is 1. The van der Waals surface area contributed by atoms with Crippen LogP contribution >= 0.6 is 0 Å². The number of non-ortho nitro benzene ring substituents is 1. The number of rotatable bonds is 7. The Kier molecular flexibility index (Phi) is 7.16. The van der Waals surface area contributed by atoms with E-state index in [9.17, 15) is 25.1 Å². The number of amides is 1. The molecular weight excluding hydrogens is 342 g/mol. The Morgan fingerprint density at radius 3 is 2.77 bits per heavy atom. The van der Waals surface area contributed by atoms with Gasteiger partial charge in [0.2, 0.25) is 0 Å². The lowest BCUT2D eigenvalue weighted by Crippen LogP contribution is -2.56. The largest absolute Gasteiger partial charge is 0.449 e. The monoisotopic (exact) mass is 367 g/mol. The molecule has 0 radical (unpaired) electrons. The quantitative estimate of drug-likeness (QED) is 0.426. The van der Waals surface area contributed by atoms with Crippen molar-refractivity contribution in [1.82, 2.24) is 4.90 Å². The van der Waals surface area contributed by atoms with Gasteiger partial charge in [0.15, 0.2) is 0 Å². The molecule has 9 heteroatoms. The molecule has 0 aromatic heterocycles. The van der Waals surface area contributed by atoms with Gasteiger partial charge in [0.1, 0.15) is 0 Å². The summed E-state index contributed by atoms with van der Waals surface area (Å²) in [5.74, 6) is 0. The van der Waals surface area contributed by atoms with Gasteiger partial charge in [-0.1, -0.05) is 13.3 Å². The molecule has 144 valence electrons. The molecule has 1 amide bonds. The van der Waals surface area contributed by atoms with E-state index < -0.39 is 11.0 Å². The Labute approximate surface area is 151 Å². The molecule has 1 aliphatic rings. The van der Waals surface area contributed by atoms with Crippen molar-refractivity contribution >= 4 is 17.5 Å². The normalized spacial score (nSPS) is 17.3. The molecule has 1 heterocycles. The van der Waals surface area contributed by atoms with Crippen molar-refractivity contribution in [3.05, 3.63) is 33.9 Å².